The molecule has 4 aromatic carbocycles. The molecule has 0 atom stereocenters. The summed E-state index contributed by atoms with van der Waals surface area (Å²) in [6.07, 6.45) is 14.1. The lowest BCUT2D eigenvalue weighted by atomic mass is 9.78. The van der Waals surface area contributed by atoms with Crippen LogP contribution in [0.3, 0.4) is 0 Å². The van der Waals surface area contributed by atoms with E-state index in [4.69, 9.17) is 0 Å². The van der Waals surface area contributed by atoms with Crippen LogP contribution in [0.5, 0.6) is 0 Å². The zero-order chi connectivity index (χ0) is 43.9. The predicted octanol–water partition coefficient (Wildman–Crippen LogP) is 9.68. The average Bonchev–Trinajstić information content (AvgIpc) is 3.49. The molecule has 11 nitrogen and oxygen atoms in total. The fraction of sp³-hybridized carbons (Fsp3) is 0.383. The highest BCUT2D eigenvalue weighted by Crippen LogP contribution is 2.52. The number of ketones is 1. The van der Waals surface area contributed by atoms with Gasteiger partial charge in [-0.3, -0.25) is 13.9 Å². The van der Waals surface area contributed by atoms with Gasteiger partial charge in [-0.05, 0) is 123 Å². The maximum absolute atomic E-state index is 12.5. The van der Waals surface area contributed by atoms with Crippen molar-refractivity contribution in [2.45, 2.75) is 114 Å². The molecule has 6 rings (SSSR count). The van der Waals surface area contributed by atoms with Crippen molar-refractivity contribution in [3.05, 3.63) is 107 Å². The Hall–Kier alpha value is -4.95. The summed E-state index contributed by atoms with van der Waals surface area (Å²) in [5.74, 6) is -0.692. The van der Waals surface area contributed by atoms with Gasteiger partial charge < -0.3 is 14.8 Å². The Morgan fingerprint density at radius 2 is 1.42 bits per heavy atom. The lowest BCUT2D eigenvalue weighted by molar-refractivity contribution is -0.438. The minimum absolute atomic E-state index is 0.0976. The van der Waals surface area contributed by atoms with E-state index in [-0.39, 0.29) is 22.0 Å². The normalized spacial score (nSPS) is 16.9. The van der Waals surface area contributed by atoms with Crippen LogP contribution in [0.4, 0.5) is 11.4 Å². The number of hydrogen-bond donors (Lipinski definition) is 3. The van der Waals surface area contributed by atoms with Gasteiger partial charge in [0.1, 0.15) is 17.2 Å². The number of fused-ring (bicyclic) bond motifs is 6. The molecular weight excluding hydrogens is 801 g/mol. The van der Waals surface area contributed by atoms with Gasteiger partial charge in [0.25, 0.3) is 20.2 Å². The number of aliphatic carboxylic acids is 1. The second-order valence-electron chi connectivity index (χ2n) is 17.2. The van der Waals surface area contributed by atoms with Crippen LogP contribution in [0.1, 0.15) is 102 Å². The molecule has 0 fully saturated rings. The average molecular weight is 856 g/mol. The molecule has 0 aromatic heterocycles. The molecule has 0 radical (unpaired) electrons. The first-order valence-electron chi connectivity index (χ1n) is 20.3. The lowest BCUT2D eigenvalue weighted by Gasteiger charge is -2.27. The van der Waals surface area contributed by atoms with Crippen molar-refractivity contribution < 1.29 is 45.2 Å². The molecule has 60 heavy (non-hydrogen) atoms. The second kappa shape index (κ2) is 16.8. The number of hydrogen-bond acceptors (Lipinski definition) is 7. The summed E-state index contributed by atoms with van der Waals surface area (Å²) in [6, 6.07) is 14.2. The molecular formula is C47H55N2O9S2+. The number of carboxylic acid groups (broad SMARTS) is 1. The zero-order valence-electron chi connectivity index (χ0n) is 35.4. The summed E-state index contributed by atoms with van der Waals surface area (Å²) in [5, 5.41) is 12.0. The van der Waals surface area contributed by atoms with Gasteiger partial charge in [0.05, 0.1) is 10.3 Å². The van der Waals surface area contributed by atoms with Gasteiger partial charge in [-0.15, -0.1) is 0 Å². The molecule has 0 spiro atoms. The van der Waals surface area contributed by atoms with Gasteiger partial charge in [0, 0.05) is 65.7 Å². The first-order valence-corrected chi connectivity index (χ1v) is 23.2. The number of carboxylic acids is 1. The van der Waals surface area contributed by atoms with E-state index >= 15 is 0 Å². The van der Waals surface area contributed by atoms with Crippen molar-refractivity contribution in [1.82, 2.24) is 0 Å². The number of benzene rings is 4. The summed E-state index contributed by atoms with van der Waals surface area (Å²) in [7, 11) is -8.95. The standard InChI is InChI=1S/C47H54N2O9S2/c1-30-26-36-35(40(27-30)60(56,57)58)21-23-39-44(36)46(4,5)41(48(39)24-14-9-12-19-43(51)52)17-10-8-11-18-42-47(6,7)45-37-29-33(59(53,54)55)28-31(2)34(37)20-22-38(45)49(42)25-15-13-16-32(3)50/h8,10-11,17-18,20-23,26-29H,9,12-16,19,24-25H2,1-7H3,(H2-,51,52,53,54,55,56,57,58)/p+1. The van der Waals surface area contributed by atoms with Crippen LogP contribution in [-0.2, 0) is 40.7 Å². The van der Waals surface area contributed by atoms with Crippen molar-refractivity contribution in [2.75, 3.05) is 18.0 Å². The smallest absolute Gasteiger partial charge is 0.303 e. The molecule has 0 aliphatic carbocycles. The number of unbranched alkanes of at least 4 members (excludes halogenated alkanes) is 3. The summed E-state index contributed by atoms with van der Waals surface area (Å²) >= 11 is 0. The lowest BCUT2D eigenvalue weighted by Crippen LogP contribution is -2.28. The topological polar surface area (TPSA) is 169 Å². The molecule has 4 aromatic rings. The molecule has 0 unspecified atom stereocenters. The highest BCUT2D eigenvalue weighted by Gasteiger charge is 2.46. The fourth-order valence-corrected chi connectivity index (χ4v) is 10.6. The highest BCUT2D eigenvalue weighted by molar-refractivity contribution is 7.86. The van der Waals surface area contributed by atoms with Crippen LogP contribution < -0.4 is 4.90 Å². The van der Waals surface area contributed by atoms with Crippen LogP contribution in [0.15, 0.2) is 94.4 Å². The quantitative estimate of drug-likeness (QED) is 0.0427. The van der Waals surface area contributed by atoms with E-state index < -0.39 is 37.0 Å². The largest absolute Gasteiger partial charge is 0.481 e. The number of rotatable bonds is 16. The van der Waals surface area contributed by atoms with Gasteiger partial charge in [-0.25, -0.2) is 0 Å². The van der Waals surface area contributed by atoms with Crippen molar-refractivity contribution in [3.8, 4) is 0 Å². The third-order valence-electron chi connectivity index (χ3n) is 11.9. The minimum Gasteiger partial charge on any atom is -0.481 e. The third-order valence-corrected chi connectivity index (χ3v) is 13.7. The van der Waals surface area contributed by atoms with Gasteiger partial charge >= 0.3 is 5.97 Å². The van der Waals surface area contributed by atoms with Gasteiger partial charge in [0.15, 0.2) is 5.71 Å². The van der Waals surface area contributed by atoms with Crippen molar-refractivity contribution in [1.29, 1.82) is 0 Å². The summed E-state index contributed by atoms with van der Waals surface area (Å²) in [5.41, 5.74) is 6.01. The van der Waals surface area contributed by atoms with E-state index in [0.717, 1.165) is 81.3 Å². The summed E-state index contributed by atoms with van der Waals surface area (Å²) < 4.78 is 72.1. The number of nitrogens with zero attached hydrogens (tertiary/aromatic N) is 2. The van der Waals surface area contributed by atoms with E-state index in [2.05, 4.69) is 55.4 Å². The number of allylic oxidation sites excluding steroid dienone is 6. The molecule has 318 valence electrons. The van der Waals surface area contributed by atoms with Crippen molar-refractivity contribution in [2.24, 2.45) is 0 Å². The Morgan fingerprint density at radius 3 is 2.08 bits per heavy atom. The number of carbonyl (C=O) groups excluding carboxylic acids is 1. The zero-order valence-corrected chi connectivity index (χ0v) is 37.0. The summed E-state index contributed by atoms with van der Waals surface area (Å²) in [4.78, 5) is 24.9. The Bertz CT molecular complexity index is 2780. The first kappa shape index (κ1) is 44.6. The number of Topliss-reactive ketones (excluding diaryl/α,β-unsaturated/α-hetero) is 1. The van der Waals surface area contributed by atoms with Crippen LogP contribution >= 0.6 is 0 Å². The molecule has 0 bridgehead atoms. The van der Waals surface area contributed by atoms with Crippen LogP contribution in [0.25, 0.3) is 21.5 Å². The molecule has 13 heteroatoms. The molecule has 0 amide bonds. The van der Waals surface area contributed by atoms with E-state index in [9.17, 15) is 40.6 Å². The monoisotopic (exact) mass is 855 g/mol. The fourth-order valence-electron chi connectivity index (χ4n) is 9.22. The van der Waals surface area contributed by atoms with Crippen molar-refractivity contribution >= 4 is 70.6 Å². The molecule has 2 heterocycles. The second-order valence-corrected chi connectivity index (χ2v) is 20.0. The summed E-state index contributed by atoms with van der Waals surface area (Å²) in [6.45, 7) is 14.9. The maximum atomic E-state index is 12.5. The number of carbonyl (C=O) groups is 2. The van der Waals surface area contributed by atoms with Crippen LogP contribution in [0, 0.1) is 13.8 Å². The Kier molecular flexibility index (Phi) is 12.5. The number of anilines is 1. The minimum atomic E-state index is -4.50. The first-order chi connectivity index (χ1) is 28.0. The maximum Gasteiger partial charge on any atom is 0.303 e. The van der Waals surface area contributed by atoms with E-state index in [1.54, 1.807) is 26.0 Å². The molecule has 3 N–H and O–H groups in total. The van der Waals surface area contributed by atoms with Gasteiger partial charge in [-0.2, -0.15) is 21.4 Å². The van der Waals surface area contributed by atoms with E-state index in [0.29, 0.717) is 36.9 Å². The Labute approximate surface area is 353 Å². The molecule has 2 aliphatic rings. The SMILES string of the molecule is CC(=O)CCCC[N+]1=C(/C=C/C=C/C=C2/N(CCCCCC(=O)O)c3ccc4c(S(=O)(=O)O)cc(C)cc4c3C2(C)C)C(C)(C)c2c1ccc1c(C)cc(S(=O)(=O)O)cc21. The highest BCUT2D eigenvalue weighted by atomic mass is 32.2. The van der Waals surface area contributed by atoms with Crippen LogP contribution in [-0.4, -0.2) is 66.2 Å². The Balaban J connectivity index is 1.40. The predicted molar refractivity (Wildman–Crippen MR) is 237 cm³/mol. The molecule has 2 aliphatic heterocycles. The van der Waals surface area contributed by atoms with Crippen molar-refractivity contribution in [3.63, 3.8) is 0 Å². The van der Waals surface area contributed by atoms with Crippen LogP contribution in [0.2, 0.25) is 0 Å². The molecule has 0 saturated carbocycles. The number of aryl methyl sites for hydroxylation is 2. The van der Waals surface area contributed by atoms with E-state index in [1.807, 2.05) is 43.4 Å². The molecule has 0 saturated heterocycles. The van der Waals surface area contributed by atoms with E-state index in [1.165, 1.54) is 12.1 Å². The van der Waals surface area contributed by atoms with Gasteiger partial charge in [0.2, 0.25) is 5.69 Å². The Morgan fingerprint density at radius 1 is 0.733 bits per heavy atom. The third kappa shape index (κ3) is 8.77. The van der Waals surface area contributed by atoms with Gasteiger partial charge in [-0.1, -0.05) is 50.6 Å².